The first-order valence-electron chi connectivity index (χ1n) is 5.74. The topological polar surface area (TPSA) is 17.1 Å². The molecular formula is C16H13ClO. The normalized spacial score (nSPS) is 11.3. The van der Waals surface area contributed by atoms with Gasteiger partial charge >= 0.3 is 0 Å². The summed E-state index contributed by atoms with van der Waals surface area (Å²) in [6.07, 6.45) is 2.90. The van der Waals surface area contributed by atoms with Crippen molar-refractivity contribution in [1.29, 1.82) is 0 Å². The lowest BCUT2D eigenvalue weighted by molar-refractivity contribution is -0.104. The molecule has 18 heavy (non-hydrogen) atoms. The summed E-state index contributed by atoms with van der Waals surface area (Å²) in [6, 6.07) is 18.0. The fourth-order valence-corrected chi connectivity index (χ4v) is 2.11. The average molecular weight is 257 g/mol. The molecule has 0 amide bonds. The number of hydrogen-bond donors (Lipinski definition) is 0. The number of rotatable bonds is 4. The van der Waals surface area contributed by atoms with Gasteiger partial charge in [0.05, 0.1) is 5.03 Å². The van der Waals surface area contributed by atoms with E-state index in [1.807, 2.05) is 42.5 Å². The maximum Gasteiger partial charge on any atom is 0.144 e. The van der Waals surface area contributed by atoms with Gasteiger partial charge in [-0.25, -0.2) is 0 Å². The highest BCUT2D eigenvalue weighted by molar-refractivity contribution is 6.49. The Labute approximate surface area is 112 Å². The van der Waals surface area contributed by atoms with Gasteiger partial charge in [0.25, 0.3) is 0 Å². The number of benzene rings is 2. The molecule has 0 atom stereocenters. The minimum atomic E-state index is 0.483. The van der Waals surface area contributed by atoms with Crippen LogP contribution < -0.4 is 0 Å². The Morgan fingerprint density at radius 3 is 2.39 bits per heavy atom. The molecule has 0 N–H and O–H groups in total. The van der Waals surface area contributed by atoms with Gasteiger partial charge in [-0.1, -0.05) is 66.2 Å². The lowest BCUT2D eigenvalue weighted by atomic mass is 9.99. The molecule has 0 bridgehead atoms. The molecule has 2 aromatic carbocycles. The summed E-state index contributed by atoms with van der Waals surface area (Å²) in [5.41, 5.74) is 3.25. The molecule has 0 aliphatic rings. The van der Waals surface area contributed by atoms with Gasteiger partial charge in [-0.15, -0.1) is 0 Å². The van der Waals surface area contributed by atoms with Crippen molar-refractivity contribution >= 4 is 22.9 Å². The fourth-order valence-electron chi connectivity index (χ4n) is 1.87. The number of halogens is 1. The zero-order valence-electron chi connectivity index (χ0n) is 9.84. The number of hydrogen-bond acceptors (Lipinski definition) is 1. The van der Waals surface area contributed by atoms with Crippen molar-refractivity contribution in [2.45, 2.75) is 6.42 Å². The lowest BCUT2D eigenvalue weighted by Gasteiger charge is -2.08. The summed E-state index contributed by atoms with van der Waals surface area (Å²) in [5.74, 6) is 0. The third-order valence-electron chi connectivity index (χ3n) is 2.73. The highest BCUT2D eigenvalue weighted by Crippen LogP contribution is 2.24. The molecule has 2 heteroatoms. The van der Waals surface area contributed by atoms with Crippen LogP contribution in [0, 0.1) is 0 Å². The van der Waals surface area contributed by atoms with Gasteiger partial charge in [0.1, 0.15) is 6.29 Å². The Morgan fingerprint density at radius 1 is 1.00 bits per heavy atom. The summed E-state index contributed by atoms with van der Waals surface area (Å²) >= 11 is 6.11. The van der Waals surface area contributed by atoms with Crippen molar-refractivity contribution in [2.75, 3.05) is 0 Å². The van der Waals surface area contributed by atoms with Crippen molar-refractivity contribution in [3.63, 3.8) is 0 Å². The van der Waals surface area contributed by atoms with E-state index in [-0.39, 0.29) is 0 Å². The van der Waals surface area contributed by atoms with Crippen LogP contribution in [0.4, 0.5) is 0 Å². The first kappa shape index (κ1) is 12.6. The predicted molar refractivity (Wildman–Crippen MR) is 75.6 cm³/mol. The Hall–Kier alpha value is -1.86. The van der Waals surface area contributed by atoms with Gasteiger partial charge in [-0.2, -0.15) is 0 Å². The van der Waals surface area contributed by atoms with Crippen molar-refractivity contribution in [3.05, 3.63) is 77.4 Å². The molecule has 90 valence electrons. The van der Waals surface area contributed by atoms with E-state index >= 15 is 0 Å². The van der Waals surface area contributed by atoms with Crippen LogP contribution in [-0.2, 0) is 11.2 Å². The van der Waals surface area contributed by atoms with Crippen LogP contribution in [-0.4, -0.2) is 6.29 Å². The molecule has 2 aromatic rings. The van der Waals surface area contributed by atoms with E-state index < -0.39 is 0 Å². The molecule has 0 aliphatic heterocycles. The Balaban J connectivity index is 2.34. The minimum Gasteiger partial charge on any atom is -0.299 e. The summed E-state index contributed by atoms with van der Waals surface area (Å²) < 4.78 is 0. The van der Waals surface area contributed by atoms with Gasteiger partial charge in [-0.3, -0.25) is 4.79 Å². The van der Waals surface area contributed by atoms with Gasteiger partial charge in [-0.05, 0) is 29.2 Å². The molecule has 0 saturated carbocycles. The van der Waals surface area contributed by atoms with Crippen molar-refractivity contribution in [2.24, 2.45) is 0 Å². The molecule has 0 heterocycles. The van der Waals surface area contributed by atoms with E-state index in [2.05, 4.69) is 12.1 Å². The standard InChI is InChI=1S/C16H13ClO/c17-16(10-11-18)15-9-5-4-8-14(15)12-13-6-2-1-3-7-13/h1-11H,12H2. The van der Waals surface area contributed by atoms with Crippen LogP contribution in [0.1, 0.15) is 16.7 Å². The minimum absolute atomic E-state index is 0.483. The second kappa shape index (κ2) is 6.18. The predicted octanol–water partition coefficient (Wildman–Crippen LogP) is 4.06. The second-order valence-electron chi connectivity index (χ2n) is 3.97. The van der Waals surface area contributed by atoms with E-state index in [0.29, 0.717) is 11.3 Å². The molecule has 0 aliphatic carbocycles. The van der Waals surface area contributed by atoms with Crippen LogP contribution >= 0.6 is 11.6 Å². The van der Waals surface area contributed by atoms with Gasteiger partial charge in [0.2, 0.25) is 0 Å². The molecular weight excluding hydrogens is 244 g/mol. The molecule has 0 unspecified atom stereocenters. The number of aldehydes is 1. The van der Waals surface area contributed by atoms with Gasteiger partial charge in [0.15, 0.2) is 0 Å². The molecule has 0 saturated heterocycles. The molecule has 1 nitrogen and oxygen atoms in total. The number of allylic oxidation sites excluding steroid dienone is 1. The Bertz CT molecular complexity index is 558. The van der Waals surface area contributed by atoms with Crippen molar-refractivity contribution in [1.82, 2.24) is 0 Å². The Kier molecular flexibility index (Phi) is 4.32. The Morgan fingerprint density at radius 2 is 1.67 bits per heavy atom. The fraction of sp³-hybridized carbons (Fsp3) is 0.0625. The largest absolute Gasteiger partial charge is 0.299 e. The van der Waals surface area contributed by atoms with Crippen LogP contribution in [0.3, 0.4) is 0 Å². The maximum absolute atomic E-state index is 10.5. The zero-order chi connectivity index (χ0) is 12.8. The van der Waals surface area contributed by atoms with Gasteiger partial charge < -0.3 is 0 Å². The highest BCUT2D eigenvalue weighted by Gasteiger charge is 2.05. The van der Waals surface area contributed by atoms with E-state index in [9.17, 15) is 4.79 Å². The molecule has 0 spiro atoms. The van der Waals surface area contributed by atoms with Gasteiger partial charge in [0, 0.05) is 0 Å². The molecule has 2 rings (SSSR count). The van der Waals surface area contributed by atoms with Crippen molar-refractivity contribution in [3.8, 4) is 0 Å². The maximum atomic E-state index is 10.5. The van der Waals surface area contributed by atoms with E-state index in [4.69, 9.17) is 11.6 Å². The molecule has 0 aromatic heterocycles. The lowest BCUT2D eigenvalue weighted by Crippen LogP contribution is -1.93. The smallest absolute Gasteiger partial charge is 0.144 e. The number of carbonyl (C=O) groups excluding carboxylic acids is 1. The summed E-state index contributed by atoms with van der Waals surface area (Å²) in [4.78, 5) is 10.5. The van der Waals surface area contributed by atoms with E-state index in [1.54, 1.807) is 0 Å². The van der Waals surface area contributed by atoms with Crippen molar-refractivity contribution < 1.29 is 4.79 Å². The van der Waals surface area contributed by atoms with Crippen LogP contribution in [0.25, 0.3) is 5.03 Å². The first-order valence-corrected chi connectivity index (χ1v) is 6.12. The van der Waals surface area contributed by atoms with Crippen LogP contribution in [0.15, 0.2) is 60.7 Å². The van der Waals surface area contributed by atoms with E-state index in [1.165, 1.54) is 11.6 Å². The van der Waals surface area contributed by atoms with Crippen LogP contribution in [0.2, 0.25) is 0 Å². The highest BCUT2D eigenvalue weighted by atomic mass is 35.5. The third kappa shape index (κ3) is 3.08. The first-order chi connectivity index (χ1) is 8.81. The SMILES string of the molecule is O=CC=C(Cl)c1ccccc1Cc1ccccc1. The number of carbonyl (C=O) groups is 1. The summed E-state index contributed by atoms with van der Waals surface area (Å²) in [5, 5.41) is 0.483. The summed E-state index contributed by atoms with van der Waals surface area (Å²) in [7, 11) is 0. The zero-order valence-corrected chi connectivity index (χ0v) is 10.6. The third-order valence-corrected chi connectivity index (χ3v) is 3.06. The monoisotopic (exact) mass is 256 g/mol. The second-order valence-corrected chi connectivity index (χ2v) is 4.38. The summed E-state index contributed by atoms with van der Waals surface area (Å²) in [6.45, 7) is 0. The molecule has 0 fully saturated rings. The van der Waals surface area contributed by atoms with Crippen LogP contribution in [0.5, 0.6) is 0 Å². The average Bonchev–Trinajstić information content (AvgIpc) is 2.41. The quantitative estimate of drug-likeness (QED) is 0.596. The molecule has 0 radical (unpaired) electrons. The van der Waals surface area contributed by atoms with E-state index in [0.717, 1.165) is 17.5 Å².